The molecule has 7 rings (SSSR count). The van der Waals surface area contributed by atoms with Crippen molar-refractivity contribution in [2.45, 2.75) is 18.3 Å². The van der Waals surface area contributed by atoms with E-state index in [0.717, 1.165) is 34.1 Å². The lowest BCUT2D eigenvalue weighted by molar-refractivity contribution is -0.128. The summed E-state index contributed by atoms with van der Waals surface area (Å²) in [5, 5.41) is 0.454. The summed E-state index contributed by atoms with van der Waals surface area (Å²) < 4.78 is 0. The third kappa shape index (κ3) is 2.08. The standard InChI is InChI=1S/C26H18ClNO3/c1-14-10-11-15(27)12-20(14)28-24(30)22-21-16-6-2-4-8-18(16)26(13-29,23(22)25(28)31)19-9-5-3-7-17(19)21/h2-13,21-23H,1H3/t21?,22-,23-,26?/m1/s1. The van der Waals surface area contributed by atoms with Crippen LogP contribution in [0.1, 0.15) is 33.7 Å². The molecule has 5 heteroatoms. The lowest BCUT2D eigenvalue weighted by Gasteiger charge is -2.51. The Morgan fingerprint density at radius 1 is 0.903 bits per heavy atom. The van der Waals surface area contributed by atoms with Gasteiger partial charge in [-0.25, -0.2) is 4.90 Å². The number of halogens is 1. The van der Waals surface area contributed by atoms with E-state index < -0.39 is 17.3 Å². The van der Waals surface area contributed by atoms with Crippen molar-refractivity contribution < 1.29 is 14.4 Å². The summed E-state index contributed by atoms with van der Waals surface area (Å²) in [5.41, 5.74) is 3.68. The normalized spacial score (nSPS) is 27.7. The van der Waals surface area contributed by atoms with Crippen LogP contribution < -0.4 is 4.90 Å². The summed E-state index contributed by atoms with van der Waals surface area (Å²) in [6.07, 6.45) is 0.886. The third-order valence-electron chi connectivity index (χ3n) is 7.28. The first-order valence-corrected chi connectivity index (χ1v) is 10.7. The van der Waals surface area contributed by atoms with E-state index in [1.54, 1.807) is 18.2 Å². The number of hydrogen-bond donors (Lipinski definition) is 0. The summed E-state index contributed by atoms with van der Waals surface area (Å²) in [6, 6.07) is 20.6. The minimum atomic E-state index is -1.18. The topological polar surface area (TPSA) is 54.5 Å². The van der Waals surface area contributed by atoms with Gasteiger partial charge < -0.3 is 4.79 Å². The Balaban J connectivity index is 1.66. The molecule has 152 valence electrons. The van der Waals surface area contributed by atoms with Crippen LogP contribution in [-0.2, 0) is 19.8 Å². The highest BCUT2D eigenvalue weighted by molar-refractivity contribution is 6.31. The second-order valence-electron chi connectivity index (χ2n) is 8.59. The third-order valence-corrected chi connectivity index (χ3v) is 7.52. The van der Waals surface area contributed by atoms with Gasteiger partial charge in [-0.2, -0.15) is 0 Å². The van der Waals surface area contributed by atoms with E-state index in [1.165, 1.54) is 4.90 Å². The van der Waals surface area contributed by atoms with E-state index >= 15 is 0 Å². The molecule has 0 unspecified atom stereocenters. The molecule has 2 bridgehead atoms. The number of aldehydes is 1. The summed E-state index contributed by atoms with van der Waals surface area (Å²) in [6.45, 7) is 1.85. The van der Waals surface area contributed by atoms with Gasteiger partial charge in [-0.1, -0.05) is 66.2 Å². The number of carbonyl (C=O) groups excluding carboxylic acids is 3. The predicted molar refractivity (Wildman–Crippen MR) is 117 cm³/mol. The van der Waals surface area contributed by atoms with E-state index in [2.05, 4.69) is 0 Å². The molecule has 1 heterocycles. The average molecular weight is 428 g/mol. The minimum absolute atomic E-state index is 0.263. The SMILES string of the molecule is Cc1ccc(Cl)cc1N1C(=O)[C@@H]2C3c4ccccc4C(C=O)(c4ccccc43)[C@H]2C1=O. The van der Waals surface area contributed by atoms with Crippen molar-refractivity contribution in [2.24, 2.45) is 11.8 Å². The molecule has 3 aromatic carbocycles. The number of benzene rings is 3. The van der Waals surface area contributed by atoms with E-state index in [0.29, 0.717) is 10.7 Å². The van der Waals surface area contributed by atoms with Crippen LogP contribution >= 0.6 is 11.6 Å². The molecule has 2 amide bonds. The Morgan fingerprint density at radius 2 is 1.52 bits per heavy atom. The number of carbonyl (C=O) groups is 3. The minimum Gasteiger partial charge on any atom is -0.302 e. The molecule has 0 saturated carbocycles. The molecule has 1 aliphatic heterocycles. The van der Waals surface area contributed by atoms with Gasteiger partial charge >= 0.3 is 0 Å². The van der Waals surface area contributed by atoms with Crippen molar-refractivity contribution in [2.75, 3.05) is 4.90 Å². The molecule has 3 aliphatic carbocycles. The summed E-state index contributed by atoms with van der Waals surface area (Å²) >= 11 is 6.21. The van der Waals surface area contributed by atoms with Crippen LogP contribution in [0.3, 0.4) is 0 Å². The molecule has 31 heavy (non-hydrogen) atoms. The predicted octanol–water partition coefficient (Wildman–Crippen LogP) is 4.40. The number of rotatable bonds is 2. The van der Waals surface area contributed by atoms with E-state index in [1.807, 2.05) is 55.5 Å². The molecule has 2 atom stereocenters. The van der Waals surface area contributed by atoms with Gasteiger partial charge in [-0.15, -0.1) is 0 Å². The van der Waals surface area contributed by atoms with Gasteiger partial charge in [0.05, 0.1) is 22.9 Å². The zero-order valence-electron chi connectivity index (χ0n) is 16.7. The molecule has 1 fully saturated rings. The highest BCUT2D eigenvalue weighted by atomic mass is 35.5. The second-order valence-corrected chi connectivity index (χ2v) is 9.02. The Labute approximate surface area is 184 Å². The molecule has 3 aromatic rings. The number of amides is 2. The zero-order chi connectivity index (χ0) is 21.5. The fourth-order valence-electron chi connectivity index (χ4n) is 6.09. The van der Waals surface area contributed by atoms with Crippen LogP contribution in [0, 0.1) is 18.8 Å². The van der Waals surface area contributed by atoms with Crippen LogP contribution in [0.15, 0.2) is 66.7 Å². The van der Waals surface area contributed by atoms with Crippen LogP contribution in [-0.4, -0.2) is 18.1 Å². The average Bonchev–Trinajstić information content (AvgIpc) is 3.06. The first-order chi connectivity index (χ1) is 15.0. The van der Waals surface area contributed by atoms with Gasteiger partial charge in [-0.3, -0.25) is 9.59 Å². The van der Waals surface area contributed by atoms with Crippen molar-refractivity contribution >= 4 is 35.4 Å². The maximum Gasteiger partial charge on any atom is 0.239 e. The first-order valence-electron chi connectivity index (χ1n) is 10.3. The molecule has 4 aliphatic rings. The number of aryl methyl sites for hydroxylation is 1. The molecular formula is C26H18ClNO3. The molecule has 0 aromatic heterocycles. The van der Waals surface area contributed by atoms with Gasteiger partial charge in [0.25, 0.3) is 0 Å². The van der Waals surface area contributed by atoms with Crippen LogP contribution in [0.4, 0.5) is 5.69 Å². The lowest BCUT2D eigenvalue weighted by Crippen LogP contribution is -2.54. The van der Waals surface area contributed by atoms with Crippen molar-refractivity contribution in [1.29, 1.82) is 0 Å². The lowest BCUT2D eigenvalue weighted by atomic mass is 9.48. The maximum absolute atomic E-state index is 13.9. The fraction of sp³-hybridized carbons (Fsp3) is 0.192. The second kappa shape index (κ2) is 6.14. The summed E-state index contributed by atoms with van der Waals surface area (Å²) in [4.78, 5) is 41.9. The number of anilines is 1. The Morgan fingerprint density at radius 3 is 2.13 bits per heavy atom. The number of nitrogens with zero attached hydrogens (tertiary/aromatic N) is 1. The van der Waals surface area contributed by atoms with Crippen LogP contribution in [0.5, 0.6) is 0 Å². The maximum atomic E-state index is 13.9. The Kier molecular flexibility index (Phi) is 3.67. The van der Waals surface area contributed by atoms with E-state index in [-0.39, 0.29) is 17.7 Å². The molecular weight excluding hydrogens is 410 g/mol. The van der Waals surface area contributed by atoms with Crippen LogP contribution in [0.25, 0.3) is 0 Å². The van der Waals surface area contributed by atoms with Gasteiger partial charge in [0, 0.05) is 10.9 Å². The summed E-state index contributed by atoms with van der Waals surface area (Å²) in [7, 11) is 0. The van der Waals surface area contributed by atoms with Gasteiger partial charge in [0.2, 0.25) is 11.8 Å². The molecule has 0 N–H and O–H groups in total. The highest BCUT2D eigenvalue weighted by Gasteiger charge is 2.68. The molecule has 4 nitrogen and oxygen atoms in total. The smallest absolute Gasteiger partial charge is 0.239 e. The van der Waals surface area contributed by atoms with E-state index in [9.17, 15) is 14.4 Å². The number of imide groups is 1. The molecule has 1 saturated heterocycles. The fourth-order valence-corrected chi connectivity index (χ4v) is 6.26. The number of hydrogen-bond acceptors (Lipinski definition) is 3. The van der Waals surface area contributed by atoms with Crippen molar-refractivity contribution in [3.05, 3.63) is 99.6 Å². The Bertz CT molecular complexity index is 1270. The monoisotopic (exact) mass is 427 g/mol. The van der Waals surface area contributed by atoms with Gasteiger partial charge in [0.1, 0.15) is 6.29 Å². The Hall–Kier alpha value is -3.24. The van der Waals surface area contributed by atoms with Crippen molar-refractivity contribution in [3.63, 3.8) is 0 Å². The van der Waals surface area contributed by atoms with Crippen molar-refractivity contribution in [1.82, 2.24) is 0 Å². The van der Waals surface area contributed by atoms with Crippen molar-refractivity contribution in [3.8, 4) is 0 Å². The largest absolute Gasteiger partial charge is 0.302 e. The zero-order valence-corrected chi connectivity index (χ0v) is 17.5. The van der Waals surface area contributed by atoms with Gasteiger partial charge in [0.15, 0.2) is 0 Å². The summed E-state index contributed by atoms with van der Waals surface area (Å²) in [5.74, 6) is -2.26. The molecule has 0 radical (unpaired) electrons. The van der Waals surface area contributed by atoms with Crippen LogP contribution in [0.2, 0.25) is 5.02 Å². The highest BCUT2D eigenvalue weighted by Crippen LogP contribution is 2.63. The van der Waals surface area contributed by atoms with E-state index in [4.69, 9.17) is 11.6 Å². The van der Waals surface area contributed by atoms with Gasteiger partial charge in [-0.05, 0) is 46.9 Å². The first kappa shape index (κ1) is 18.5. The quantitative estimate of drug-likeness (QED) is 0.450. The molecule has 0 spiro atoms.